The van der Waals surface area contributed by atoms with Crippen LogP contribution in [0.5, 0.6) is 0 Å². The summed E-state index contributed by atoms with van der Waals surface area (Å²) in [6, 6.07) is 0. The smallest absolute Gasteiger partial charge is 0.350 e. The van der Waals surface area contributed by atoms with Crippen molar-refractivity contribution in [3.05, 3.63) is 41.7 Å². The van der Waals surface area contributed by atoms with Crippen molar-refractivity contribution >= 4 is 29.0 Å². The van der Waals surface area contributed by atoms with Crippen LogP contribution in [0.3, 0.4) is 0 Å². The van der Waals surface area contributed by atoms with Crippen LogP contribution < -0.4 is 9.80 Å². The molecule has 1 saturated heterocycles. The Bertz CT molecular complexity index is 917. The standard InChI is InChI=1S/C15H13ClF3N7/c16-10-7-21-14(22-8-10)25-5-3-24(4-6-25)12-13-23-11(15(17,18)19)9-26(13)2-1-20-12/h1-2,7-9H,3-6H2. The van der Waals surface area contributed by atoms with Crippen molar-refractivity contribution in [1.82, 2.24) is 24.3 Å². The summed E-state index contributed by atoms with van der Waals surface area (Å²) in [6.07, 6.45) is 2.47. The van der Waals surface area contributed by atoms with Gasteiger partial charge in [-0.15, -0.1) is 0 Å². The number of rotatable bonds is 2. The Morgan fingerprint density at radius 3 is 2.27 bits per heavy atom. The molecule has 3 aromatic rings. The van der Waals surface area contributed by atoms with Crippen molar-refractivity contribution in [2.75, 3.05) is 36.0 Å². The van der Waals surface area contributed by atoms with E-state index >= 15 is 0 Å². The first kappa shape index (κ1) is 16.8. The highest BCUT2D eigenvalue weighted by atomic mass is 35.5. The number of nitrogens with zero attached hydrogens (tertiary/aromatic N) is 7. The lowest BCUT2D eigenvalue weighted by molar-refractivity contribution is -0.140. The molecule has 136 valence electrons. The molecular formula is C15H13ClF3N7. The van der Waals surface area contributed by atoms with Crippen molar-refractivity contribution in [1.29, 1.82) is 0 Å². The molecule has 0 unspecified atom stereocenters. The van der Waals surface area contributed by atoms with Gasteiger partial charge in [0.1, 0.15) is 0 Å². The summed E-state index contributed by atoms with van der Waals surface area (Å²) in [6.45, 7) is 2.34. The average Bonchev–Trinajstić information content (AvgIpc) is 3.07. The molecule has 4 heterocycles. The maximum Gasteiger partial charge on any atom is 0.434 e. The van der Waals surface area contributed by atoms with Crippen LogP contribution in [0.25, 0.3) is 5.65 Å². The molecule has 0 spiro atoms. The molecule has 0 atom stereocenters. The molecule has 0 amide bonds. The van der Waals surface area contributed by atoms with Gasteiger partial charge in [-0.25, -0.2) is 19.9 Å². The van der Waals surface area contributed by atoms with E-state index in [2.05, 4.69) is 19.9 Å². The quantitative estimate of drug-likeness (QED) is 0.677. The van der Waals surface area contributed by atoms with E-state index < -0.39 is 11.9 Å². The highest BCUT2D eigenvalue weighted by Gasteiger charge is 2.34. The maximum atomic E-state index is 12.9. The SMILES string of the molecule is FC(F)(F)c1cn2ccnc(N3CCN(c4ncc(Cl)cn4)CC3)c2n1. The summed E-state index contributed by atoms with van der Waals surface area (Å²) in [5.41, 5.74) is -0.740. The van der Waals surface area contributed by atoms with Gasteiger partial charge >= 0.3 is 6.18 Å². The third kappa shape index (κ3) is 3.12. The Hall–Kier alpha value is -2.62. The van der Waals surface area contributed by atoms with Crippen LogP contribution in [0.4, 0.5) is 24.9 Å². The fourth-order valence-electron chi connectivity index (χ4n) is 2.85. The van der Waals surface area contributed by atoms with Crippen molar-refractivity contribution in [3.63, 3.8) is 0 Å². The summed E-state index contributed by atoms with van der Waals surface area (Å²) >= 11 is 5.79. The number of imidazole rings is 1. The lowest BCUT2D eigenvalue weighted by Gasteiger charge is -2.35. The summed E-state index contributed by atoms with van der Waals surface area (Å²) in [7, 11) is 0. The minimum atomic E-state index is -4.49. The number of aromatic nitrogens is 5. The van der Waals surface area contributed by atoms with Gasteiger partial charge in [-0.2, -0.15) is 13.2 Å². The van der Waals surface area contributed by atoms with Crippen LogP contribution in [0.15, 0.2) is 31.0 Å². The number of alkyl halides is 3. The van der Waals surface area contributed by atoms with Gasteiger partial charge in [0.25, 0.3) is 0 Å². The summed E-state index contributed by atoms with van der Waals surface area (Å²) in [5.74, 6) is 1.00. The summed E-state index contributed by atoms with van der Waals surface area (Å²) in [5, 5.41) is 0.461. The Morgan fingerprint density at radius 2 is 1.62 bits per heavy atom. The molecule has 4 rings (SSSR count). The van der Waals surface area contributed by atoms with Crippen LogP contribution in [-0.2, 0) is 6.18 Å². The van der Waals surface area contributed by atoms with Gasteiger partial charge in [0.05, 0.1) is 17.4 Å². The van der Waals surface area contributed by atoms with Crippen LogP contribution in [-0.4, -0.2) is 50.5 Å². The fourth-order valence-corrected chi connectivity index (χ4v) is 2.95. The van der Waals surface area contributed by atoms with E-state index in [-0.39, 0.29) is 5.65 Å². The number of anilines is 2. The van der Waals surface area contributed by atoms with Crippen LogP contribution >= 0.6 is 11.6 Å². The van der Waals surface area contributed by atoms with Crippen LogP contribution in [0.1, 0.15) is 5.69 Å². The van der Waals surface area contributed by atoms with Gasteiger partial charge in [0.15, 0.2) is 17.2 Å². The third-order valence-electron chi connectivity index (χ3n) is 4.12. The molecule has 0 saturated carbocycles. The molecule has 1 fully saturated rings. The normalized spacial score (nSPS) is 15.7. The van der Waals surface area contributed by atoms with E-state index in [0.717, 1.165) is 6.20 Å². The fraction of sp³-hybridized carbons (Fsp3) is 0.333. The van der Waals surface area contributed by atoms with Crippen molar-refractivity contribution in [3.8, 4) is 0 Å². The lowest BCUT2D eigenvalue weighted by Crippen LogP contribution is -2.47. The highest BCUT2D eigenvalue weighted by molar-refractivity contribution is 6.30. The lowest BCUT2D eigenvalue weighted by atomic mass is 10.3. The van der Waals surface area contributed by atoms with E-state index in [1.165, 1.54) is 29.2 Å². The second-order valence-corrected chi connectivity index (χ2v) is 6.22. The van der Waals surface area contributed by atoms with Crippen LogP contribution in [0, 0.1) is 0 Å². The van der Waals surface area contributed by atoms with Gasteiger partial charge < -0.3 is 14.2 Å². The molecule has 11 heteroatoms. The predicted molar refractivity (Wildman–Crippen MR) is 89.5 cm³/mol. The minimum absolute atomic E-state index is 0.191. The first-order valence-electron chi connectivity index (χ1n) is 7.80. The van der Waals surface area contributed by atoms with Crippen molar-refractivity contribution < 1.29 is 13.2 Å². The molecule has 1 aliphatic rings. The Balaban J connectivity index is 1.56. The molecule has 26 heavy (non-hydrogen) atoms. The second kappa shape index (κ2) is 6.27. The minimum Gasteiger partial charge on any atom is -0.350 e. The zero-order valence-corrected chi connectivity index (χ0v) is 14.1. The molecule has 0 aromatic carbocycles. The van der Waals surface area contributed by atoms with E-state index in [1.54, 1.807) is 0 Å². The average molecular weight is 384 g/mol. The Labute approximate surface area is 151 Å². The highest BCUT2D eigenvalue weighted by Crippen LogP contribution is 2.30. The summed E-state index contributed by atoms with van der Waals surface area (Å²) in [4.78, 5) is 20.2. The van der Waals surface area contributed by atoms with Crippen LogP contribution in [0.2, 0.25) is 5.02 Å². The number of hydrogen-bond donors (Lipinski definition) is 0. The molecule has 7 nitrogen and oxygen atoms in total. The van der Waals surface area contributed by atoms with Gasteiger partial charge in [-0.1, -0.05) is 11.6 Å². The van der Waals surface area contributed by atoms with E-state index in [9.17, 15) is 13.2 Å². The monoisotopic (exact) mass is 383 g/mol. The second-order valence-electron chi connectivity index (χ2n) is 5.78. The van der Waals surface area contributed by atoms with Gasteiger partial charge in [0, 0.05) is 44.8 Å². The Morgan fingerprint density at radius 1 is 0.962 bits per heavy atom. The first-order chi connectivity index (χ1) is 12.4. The number of hydrogen-bond acceptors (Lipinski definition) is 6. The molecule has 0 N–H and O–H groups in total. The van der Waals surface area contributed by atoms with Gasteiger partial charge in [-0.05, 0) is 0 Å². The number of fused-ring (bicyclic) bond motifs is 1. The number of halogens is 4. The van der Waals surface area contributed by atoms with Crippen molar-refractivity contribution in [2.45, 2.75) is 6.18 Å². The van der Waals surface area contributed by atoms with E-state index in [4.69, 9.17) is 11.6 Å². The first-order valence-corrected chi connectivity index (χ1v) is 8.18. The third-order valence-corrected chi connectivity index (χ3v) is 4.31. The van der Waals surface area contributed by atoms with E-state index in [1.807, 2.05) is 9.80 Å². The molecule has 1 aliphatic heterocycles. The van der Waals surface area contributed by atoms with E-state index in [0.29, 0.717) is 43.0 Å². The molecular weight excluding hydrogens is 371 g/mol. The molecule has 0 radical (unpaired) electrons. The zero-order chi connectivity index (χ0) is 18.3. The molecule has 3 aromatic heterocycles. The Kier molecular flexibility index (Phi) is 4.06. The molecule has 0 aliphatic carbocycles. The number of piperazine rings is 1. The van der Waals surface area contributed by atoms with Gasteiger partial charge in [-0.3, -0.25) is 0 Å². The van der Waals surface area contributed by atoms with Gasteiger partial charge in [0.2, 0.25) is 5.95 Å². The topological polar surface area (TPSA) is 62.5 Å². The molecule has 0 bridgehead atoms. The zero-order valence-electron chi connectivity index (χ0n) is 13.4. The largest absolute Gasteiger partial charge is 0.434 e. The summed E-state index contributed by atoms with van der Waals surface area (Å²) < 4.78 is 40.1. The van der Waals surface area contributed by atoms with Crippen molar-refractivity contribution in [2.24, 2.45) is 0 Å². The predicted octanol–water partition coefficient (Wildman–Crippen LogP) is 2.52. The maximum absolute atomic E-state index is 12.9.